The van der Waals surface area contributed by atoms with Crippen molar-refractivity contribution in [2.75, 3.05) is 19.7 Å². The summed E-state index contributed by atoms with van der Waals surface area (Å²) in [4.78, 5) is 14.1. The minimum Gasteiger partial charge on any atom is -0.376 e. The fraction of sp³-hybridized carbons (Fsp3) is 0.588. The second-order valence-electron chi connectivity index (χ2n) is 5.94. The molecule has 1 amide bonds. The number of nitrogens with zero attached hydrogens (tertiary/aromatic N) is 1. The minimum absolute atomic E-state index is 0.0117. The van der Waals surface area contributed by atoms with Gasteiger partial charge in [0.25, 0.3) is 0 Å². The third-order valence-corrected chi connectivity index (χ3v) is 3.94. The minimum atomic E-state index is -0.454. The molecule has 1 aromatic rings. The fourth-order valence-electron chi connectivity index (χ4n) is 2.63. The molecule has 2 N–H and O–H groups in total. The molecule has 1 fully saturated rings. The van der Waals surface area contributed by atoms with Crippen LogP contribution in [0.2, 0.25) is 0 Å². The first kappa shape index (κ1) is 16.0. The molecule has 0 saturated carbocycles. The largest absolute Gasteiger partial charge is 0.376 e. The molecule has 1 saturated heterocycles. The SMILES string of the molecule is Cc1ccc(CCN(C[C@@H]2CCCO2)C(=O)[C@@H](C)N)cc1. The number of hydrogen-bond donors (Lipinski definition) is 1. The maximum absolute atomic E-state index is 12.3. The van der Waals surface area contributed by atoms with Gasteiger partial charge in [0.2, 0.25) is 5.91 Å². The predicted octanol–water partition coefficient (Wildman–Crippen LogP) is 1.89. The van der Waals surface area contributed by atoms with Gasteiger partial charge in [-0.05, 0) is 38.7 Å². The lowest BCUT2D eigenvalue weighted by Gasteiger charge is -2.27. The summed E-state index contributed by atoms with van der Waals surface area (Å²) >= 11 is 0. The van der Waals surface area contributed by atoms with Crippen LogP contribution in [0.5, 0.6) is 0 Å². The van der Waals surface area contributed by atoms with Crippen molar-refractivity contribution in [3.63, 3.8) is 0 Å². The van der Waals surface area contributed by atoms with E-state index < -0.39 is 6.04 Å². The molecule has 1 heterocycles. The summed E-state index contributed by atoms with van der Waals surface area (Å²) in [6, 6.07) is 8.00. The molecule has 0 spiro atoms. The zero-order valence-corrected chi connectivity index (χ0v) is 13.0. The third kappa shape index (κ3) is 4.83. The van der Waals surface area contributed by atoms with E-state index in [4.69, 9.17) is 10.5 Å². The average Bonchev–Trinajstić information content (AvgIpc) is 2.97. The van der Waals surface area contributed by atoms with Crippen LogP contribution in [0.3, 0.4) is 0 Å². The Morgan fingerprint density at radius 3 is 2.71 bits per heavy atom. The molecule has 0 bridgehead atoms. The van der Waals surface area contributed by atoms with Gasteiger partial charge in [0.15, 0.2) is 0 Å². The van der Waals surface area contributed by atoms with Crippen LogP contribution in [-0.2, 0) is 16.0 Å². The Kier molecular flexibility index (Phi) is 5.76. The van der Waals surface area contributed by atoms with Crippen LogP contribution in [0, 0.1) is 6.92 Å². The Labute approximate surface area is 127 Å². The van der Waals surface area contributed by atoms with Crippen LogP contribution < -0.4 is 5.73 Å². The number of carbonyl (C=O) groups is 1. The Morgan fingerprint density at radius 1 is 1.43 bits per heavy atom. The molecule has 2 atom stereocenters. The molecule has 21 heavy (non-hydrogen) atoms. The van der Waals surface area contributed by atoms with Gasteiger partial charge in [-0.1, -0.05) is 29.8 Å². The molecule has 116 valence electrons. The van der Waals surface area contributed by atoms with E-state index in [1.165, 1.54) is 11.1 Å². The van der Waals surface area contributed by atoms with E-state index in [9.17, 15) is 4.79 Å². The van der Waals surface area contributed by atoms with Gasteiger partial charge in [-0.2, -0.15) is 0 Å². The third-order valence-electron chi connectivity index (χ3n) is 3.94. The summed E-state index contributed by atoms with van der Waals surface area (Å²) in [5, 5.41) is 0. The molecule has 1 aromatic carbocycles. The summed E-state index contributed by atoms with van der Waals surface area (Å²) in [6.07, 6.45) is 3.15. The number of ether oxygens (including phenoxy) is 1. The van der Waals surface area contributed by atoms with Crippen molar-refractivity contribution in [1.82, 2.24) is 4.90 Å². The quantitative estimate of drug-likeness (QED) is 0.870. The van der Waals surface area contributed by atoms with Crippen molar-refractivity contribution in [2.24, 2.45) is 5.73 Å². The molecule has 0 aromatic heterocycles. The predicted molar refractivity (Wildman–Crippen MR) is 84.1 cm³/mol. The summed E-state index contributed by atoms with van der Waals surface area (Å²) in [5.74, 6) is 0.0117. The van der Waals surface area contributed by atoms with Gasteiger partial charge in [0.05, 0.1) is 12.1 Å². The van der Waals surface area contributed by atoms with Gasteiger partial charge < -0.3 is 15.4 Å². The van der Waals surface area contributed by atoms with E-state index in [2.05, 4.69) is 31.2 Å². The first-order valence-electron chi connectivity index (χ1n) is 7.78. The smallest absolute Gasteiger partial charge is 0.239 e. The second kappa shape index (κ2) is 7.57. The number of rotatable bonds is 6. The van der Waals surface area contributed by atoms with Gasteiger partial charge in [-0.3, -0.25) is 4.79 Å². The van der Waals surface area contributed by atoms with Crippen LogP contribution in [0.25, 0.3) is 0 Å². The maximum Gasteiger partial charge on any atom is 0.239 e. The standard InChI is InChI=1S/C17H26N2O2/c1-13-5-7-15(8-6-13)9-10-19(17(20)14(2)18)12-16-4-3-11-21-16/h5-8,14,16H,3-4,9-12,18H2,1-2H3/t14-,16+/m1/s1. The number of hydrogen-bond acceptors (Lipinski definition) is 3. The van der Waals surface area contributed by atoms with E-state index in [1.54, 1.807) is 6.92 Å². The van der Waals surface area contributed by atoms with Crippen LogP contribution in [-0.4, -0.2) is 42.6 Å². The summed E-state index contributed by atoms with van der Waals surface area (Å²) in [6.45, 7) is 5.99. The molecule has 1 aliphatic heterocycles. The van der Waals surface area contributed by atoms with Crippen LogP contribution in [0.15, 0.2) is 24.3 Å². The number of nitrogens with two attached hydrogens (primary N) is 1. The van der Waals surface area contributed by atoms with E-state index >= 15 is 0 Å². The Balaban J connectivity index is 1.94. The molecule has 0 unspecified atom stereocenters. The highest BCUT2D eigenvalue weighted by Crippen LogP contribution is 2.14. The van der Waals surface area contributed by atoms with Crippen molar-refractivity contribution in [1.29, 1.82) is 0 Å². The van der Waals surface area contributed by atoms with Crippen molar-refractivity contribution in [3.8, 4) is 0 Å². The van der Waals surface area contributed by atoms with E-state index in [0.29, 0.717) is 13.1 Å². The van der Waals surface area contributed by atoms with Gasteiger partial charge in [0, 0.05) is 19.7 Å². The number of carbonyl (C=O) groups excluding carboxylic acids is 1. The van der Waals surface area contributed by atoms with Gasteiger partial charge in [-0.15, -0.1) is 0 Å². The van der Waals surface area contributed by atoms with E-state index in [0.717, 1.165) is 25.9 Å². The van der Waals surface area contributed by atoms with Gasteiger partial charge >= 0.3 is 0 Å². The molecule has 0 aliphatic carbocycles. The zero-order valence-electron chi connectivity index (χ0n) is 13.0. The van der Waals surface area contributed by atoms with Crippen LogP contribution in [0.1, 0.15) is 30.9 Å². The van der Waals surface area contributed by atoms with Crippen LogP contribution >= 0.6 is 0 Å². The molecular formula is C17H26N2O2. The monoisotopic (exact) mass is 290 g/mol. The molecule has 2 rings (SSSR count). The average molecular weight is 290 g/mol. The second-order valence-corrected chi connectivity index (χ2v) is 5.94. The molecular weight excluding hydrogens is 264 g/mol. The first-order valence-corrected chi connectivity index (χ1v) is 7.78. The summed E-state index contributed by atoms with van der Waals surface area (Å²) in [5.41, 5.74) is 8.27. The Bertz CT molecular complexity index is 450. The van der Waals surface area contributed by atoms with Crippen molar-refractivity contribution in [2.45, 2.75) is 45.3 Å². The van der Waals surface area contributed by atoms with Crippen molar-refractivity contribution in [3.05, 3.63) is 35.4 Å². The molecule has 4 heteroatoms. The van der Waals surface area contributed by atoms with Gasteiger partial charge in [-0.25, -0.2) is 0 Å². The number of aryl methyl sites for hydroxylation is 1. The topological polar surface area (TPSA) is 55.6 Å². The molecule has 1 aliphatic rings. The van der Waals surface area contributed by atoms with Gasteiger partial charge in [0.1, 0.15) is 0 Å². The molecule has 4 nitrogen and oxygen atoms in total. The summed E-state index contributed by atoms with van der Waals surface area (Å²) < 4.78 is 5.65. The summed E-state index contributed by atoms with van der Waals surface area (Å²) in [7, 11) is 0. The Morgan fingerprint density at radius 2 is 2.14 bits per heavy atom. The van der Waals surface area contributed by atoms with Crippen molar-refractivity contribution < 1.29 is 9.53 Å². The van der Waals surface area contributed by atoms with Crippen LogP contribution in [0.4, 0.5) is 0 Å². The highest BCUT2D eigenvalue weighted by Gasteiger charge is 2.24. The first-order chi connectivity index (χ1) is 10.1. The fourth-order valence-corrected chi connectivity index (χ4v) is 2.63. The van der Waals surface area contributed by atoms with E-state index in [1.807, 2.05) is 4.90 Å². The lowest BCUT2D eigenvalue weighted by molar-refractivity contribution is -0.133. The van der Waals surface area contributed by atoms with Crippen molar-refractivity contribution >= 4 is 5.91 Å². The molecule has 0 radical (unpaired) electrons. The highest BCUT2D eigenvalue weighted by atomic mass is 16.5. The normalized spacial score (nSPS) is 19.5. The Hall–Kier alpha value is -1.39. The zero-order chi connectivity index (χ0) is 15.2. The number of amides is 1. The highest BCUT2D eigenvalue weighted by molar-refractivity contribution is 5.81. The lowest BCUT2D eigenvalue weighted by atomic mass is 10.1. The maximum atomic E-state index is 12.3. The van der Waals surface area contributed by atoms with E-state index in [-0.39, 0.29) is 12.0 Å². The lowest BCUT2D eigenvalue weighted by Crippen LogP contribution is -2.46. The number of benzene rings is 1.